The summed E-state index contributed by atoms with van der Waals surface area (Å²) in [6.45, 7) is 0. The molecule has 0 atom stereocenters. The van der Waals surface area contributed by atoms with Gasteiger partial charge in [-0.1, -0.05) is 23.7 Å². The van der Waals surface area contributed by atoms with Crippen molar-refractivity contribution in [3.63, 3.8) is 0 Å². The Bertz CT molecular complexity index is 1390. The lowest BCUT2D eigenvalue weighted by atomic mass is 9.97. The van der Waals surface area contributed by atoms with E-state index in [4.69, 9.17) is 11.6 Å². The van der Waals surface area contributed by atoms with Gasteiger partial charge in [0.05, 0.1) is 10.7 Å². The Hall–Kier alpha value is -4.10. The van der Waals surface area contributed by atoms with E-state index < -0.39 is 0 Å². The number of benzene rings is 2. The molecule has 0 spiro atoms. The summed E-state index contributed by atoms with van der Waals surface area (Å²) in [6.07, 6.45) is 11.2. The van der Waals surface area contributed by atoms with Crippen molar-refractivity contribution in [2.75, 3.05) is 10.6 Å². The number of hydrogen-bond donors (Lipinski definition) is 2. The zero-order valence-electron chi connectivity index (χ0n) is 18.8. The van der Waals surface area contributed by atoms with Crippen LogP contribution in [-0.2, 0) is 22.4 Å². The summed E-state index contributed by atoms with van der Waals surface area (Å²) in [5.74, 6) is 0.117. The highest BCUT2D eigenvalue weighted by atomic mass is 35.5. The summed E-state index contributed by atoms with van der Waals surface area (Å²) in [4.78, 5) is 34.7. The number of nitrogens with one attached hydrogen (secondary N) is 2. The Morgan fingerprint density at radius 3 is 2.17 bits per heavy atom. The van der Waals surface area contributed by atoms with E-state index in [0.29, 0.717) is 17.9 Å². The first kappa shape index (κ1) is 22.7. The number of pyridine rings is 1. The van der Waals surface area contributed by atoms with Crippen molar-refractivity contribution < 1.29 is 9.59 Å². The summed E-state index contributed by atoms with van der Waals surface area (Å²) in [7, 11) is 0. The predicted octanol–water partition coefficient (Wildman–Crippen LogP) is 5.32. The number of aryl methyl sites for hydroxylation is 2. The zero-order chi connectivity index (χ0) is 24.2. The molecule has 8 heteroatoms. The van der Waals surface area contributed by atoms with Crippen LogP contribution >= 0.6 is 11.6 Å². The molecule has 7 nitrogen and oxygen atoms in total. The van der Waals surface area contributed by atoms with Gasteiger partial charge in [0.15, 0.2) is 0 Å². The van der Waals surface area contributed by atoms with Crippen LogP contribution in [0.3, 0.4) is 0 Å². The van der Waals surface area contributed by atoms with Crippen molar-refractivity contribution in [1.82, 2.24) is 15.0 Å². The third-order valence-corrected chi connectivity index (χ3v) is 6.25. The Labute approximate surface area is 207 Å². The molecule has 2 aromatic carbocycles. The number of amides is 2. The van der Waals surface area contributed by atoms with E-state index in [0.717, 1.165) is 52.0 Å². The van der Waals surface area contributed by atoms with Crippen LogP contribution in [0.4, 0.5) is 11.4 Å². The minimum Gasteiger partial charge on any atom is -0.326 e. The third-order valence-electron chi connectivity index (χ3n) is 5.95. The monoisotopic (exact) mass is 483 g/mol. The fraction of sp³-hybridized carbons (Fsp3) is 0.148. The second-order valence-electron chi connectivity index (χ2n) is 8.33. The van der Waals surface area contributed by atoms with Crippen LogP contribution in [0.1, 0.15) is 24.0 Å². The van der Waals surface area contributed by atoms with Crippen LogP contribution in [0.2, 0.25) is 5.02 Å². The highest BCUT2D eigenvalue weighted by Gasteiger charge is 2.19. The highest BCUT2D eigenvalue weighted by molar-refractivity contribution is 6.34. The number of fused-ring (bicyclic) bond motifs is 2. The van der Waals surface area contributed by atoms with Crippen LogP contribution in [0, 0.1) is 0 Å². The van der Waals surface area contributed by atoms with Gasteiger partial charge in [0.1, 0.15) is 6.33 Å². The van der Waals surface area contributed by atoms with E-state index in [1.807, 2.05) is 30.3 Å². The summed E-state index contributed by atoms with van der Waals surface area (Å²) >= 11 is 6.23. The molecule has 0 bridgehead atoms. The summed E-state index contributed by atoms with van der Waals surface area (Å²) in [6, 6.07) is 13.8. The van der Waals surface area contributed by atoms with E-state index in [1.165, 1.54) is 11.9 Å². The van der Waals surface area contributed by atoms with Gasteiger partial charge in [0.25, 0.3) is 0 Å². The fourth-order valence-electron chi connectivity index (χ4n) is 4.16. The smallest absolute Gasteiger partial charge is 0.224 e. The lowest BCUT2D eigenvalue weighted by Crippen LogP contribution is -2.19. The molecule has 0 radical (unpaired) electrons. The van der Waals surface area contributed by atoms with Crippen LogP contribution < -0.4 is 10.6 Å². The number of halogens is 1. The van der Waals surface area contributed by atoms with Crippen molar-refractivity contribution in [3.05, 3.63) is 89.7 Å². The molecule has 0 saturated heterocycles. The number of carbonyl (C=O) groups excluding carboxylic acids is 2. The van der Waals surface area contributed by atoms with Crippen LogP contribution in [0.25, 0.3) is 22.3 Å². The molecule has 2 aromatic heterocycles. The standard InChI is InChI=1S/C14H11ClN2O.C13H11N3O/c15-12-7-11(10-2-1-5-16-8-10)6-9-3-4-13(18)17-14(9)12;17-13-4-2-10-5-9(1-3-12(10)16-13)11-6-14-8-15-7-11/h1-2,5-8H,3-4H2,(H,17,18);1,3,5-8H,2,4H2,(H,16,17). The molecule has 2 amide bonds. The van der Waals surface area contributed by atoms with Gasteiger partial charge in [-0.15, -0.1) is 0 Å². The Kier molecular flexibility index (Phi) is 6.50. The maximum absolute atomic E-state index is 11.4. The van der Waals surface area contributed by atoms with Gasteiger partial charge < -0.3 is 10.6 Å². The molecule has 2 N–H and O–H groups in total. The fourth-order valence-corrected chi connectivity index (χ4v) is 4.45. The highest BCUT2D eigenvalue weighted by Crippen LogP contribution is 2.35. The molecule has 0 unspecified atom stereocenters. The third kappa shape index (κ3) is 5.20. The first-order valence-electron chi connectivity index (χ1n) is 11.3. The second-order valence-corrected chi connectivity index (χ2v) is 8.74. The maximum atomic E-state index is 11.4. The lowest BCUT2D eigenvalue weighted by Gasteiger charge is -2.19. The van der Waals surface area contributed by atoms with Crippen LogP contribution in [0.5, 0.6) is 0 Å². The number of rotatable bonds is 2. The van der Waals surface area contributed by atoms with E-state index in [-0.39, 0.29) is 11.8 Å². The molecule has 2 aliphatic heterocycles. The van der Waals surface area contributed by atoms with E-state index >= 15 is 0 Å². The second kappa shape index (κ2) is 10.0. The lowest BCUT2D eigenvalue weighted by molar-refractivity contribution is -0.117. The molecule has 174 valence electrons. The average Bonchev–Trinajstić information content (AvgIpc) is 2.90. The molecule has 0 saturated carbocycles. The van der Waals surface area contributed by atoms with E-state index in [9.17, 15) is 9.59 Å². The molecule has 0 fully saturated rings. The summed E-state index contributed by atoms with van der Waals surface area (Å²) in [5.41, 5.74) is 8.06. The van der Waals surface area contributed by atoms with E-state index in [1.54, 1.807) is 24.8 Å². The van der Waals surface area contributed by atoms with Crippen LogP contribution in [0.15, 0.2) is 73.6 Å². The molecule has 4 aromatic rings. The number of aromatic nitrogens is 3. The first-order valence-corrected chi connectivity index (χ1v) is 11.7. The van der Waals surface area contributed by atoms with Crippen molar-refractivity contribution >= 4 is 34.8 Å². The maximum Gasteiger partial charge on any atom is 0.224 e. The normalized spacial score (nSPS) is 14.0. The molecular weight excluding hydrogens is 462 g/mol. The van der Waals surface area contributed by atoms with Crippen molar-refractivity contribution in [2.45, 2.75) is 25.7 Å². The SMILES string of the molecule is O=C1CCc2cc(-c3cccnc3)cc(Cl)c2N1.O=C1CCc2cc(-c3cncnc3)ccc2N1. The molecular formula is C27H22ClN5O2. The van der Waals surface area contributed by atoms with Gasteiger partial charge >= 0.3 is 0 Å². The zero-order valence-corrected chi connectivity index (χ0v) is 19.5. The predicted molar refractivity (Wildman–Crippen MR) is 136 cm³/mol. The van der Waals surface area contributed by atoms with Crippen molar-refractivity contribution in [2.24, 2.45) is 0 Å². The Balaban J connectivity index is 0.000000145. The Morgan fingerprint density at radius 2 is 1.40 bits per heavy atom. The Morgan fingerprint density at radius 1 is 0.686 bits per heavy atom. The first-order chi connectivity index (χ1) is 17.1. The number of anilines is 2. The number of nitrogens with zero attached hydrogens (tertiary/aromatic N) is 3. The number of carbonyl (C=O) groups is 2. The molecule has 2 aliphatic rings. The quantitative estimate of drug-likeness (QED) is 0.402. The average molecular weight is 484 g/mol. The van der Waals surface area contributed by atoms with Crippen molar-refractivity contribution in [1.29, 1.82) is 0 Å². The van der Waals surface area contributed by atoms with E-state index in [2.05, 4.69) is 37.7 Å². The molecule has 0 aliphatic carbocycles. The van der Waals surface area contributed by atoms with Crippen molar-refractivity contribution in [3.8, 4) is 22.3 Å². The van der Waals surface area contributed by atoms with Gasteiger partial charge in [-0.05, 0) is 65.4 Å². The minimum atomic E-state index is 0.0264. The van der Waals surface area contributed by atoms with Gasteiger partial charge in [0.2, 0.25) is 11.8 Å². The molecule has 35 heavy (non-hydrogen) atoms. The van der Waals surface area contributed by atoms with Gasteiger partial charge in [-0.3, -0.25) is 14.6 Å². The van der Waals surface area contributed by atoms with Crippen LogP contribution in [-0.4, -0.2) is 26.8 Å². The summed E-state index contributed by atoms with van der Waals surface area (Å²) in [5, 5.41) is 6.27. The van der Waals surface area contributed by atoms with Gasteiger partial charge in [-0.25, -0.2) is 9.97 Å². The minimum absolute atomic E-state index is 0.0264. The largest absolute Gasteiger partial charge is 0.326 e. The molecule has 6 rings (SSSR count). The topological polar surface area (TPSA) is 96.9 Å². The molecule has 4 heterocycles. The van der Waals surface area contributed by atoms with Gasteiger partial charge in [0, 0.05) is 54.4 Å². The number of hydrogen-bond acceptors (Lipinski definition) is 5. The summed E-state index contributed by atoms with van der Waals surface area (Å²) < 4.78 is 0. The van der Waals surface area contributed by atoms with Gasteiger partial charge in [-0.2, -0.15) is 0 Å².